The van der Waals surface area contributed by atoms with Gasteiger partial charge in [-0.1, -0.05) is 5.16 Å². The molecule has 0 saturated heterocycles. The molecule has 0 N–H and O–H groups in total. The van der Waals surface area contributed by atoms with Gasteiger partial charge in [-0.2, -0.15) is 0 Å². The summed E-state index contributed by atoms with van der Waals surface area (Å²) in [6.45, 7) is 0.401. The van der Waals surface area contributed by atoms with E-state index in [2.05, 4.69) is 21.1 Å². The number of aromatic nitrogens is 2. The summed E-state index contributed by atoms with van der Waals surface area (Å²) in [5.41, 5.74) is -0.0797. The Morgan fingerprint density at radius 3 is 3.07 bits per heavy atom. The van der Waals surface area contributed by atoms with Gasteiger partial charge in [0.2, 0.25) is 0 Å². The summed E-state index contributed by atoms with van der Waals surface area (Å²) in [6, 6.07) is 5.23. The second kappa shape index (κ2) is 3.79. The van der Waals surface area contributed by atoms with E-state index in [0.29, 0.717) is 16.8 Å². The van der Waals surface area contributed by atoms with Crippen molar-refractivity contribution in [3.63, 3.8) is 0 Å². The van der Waals surface area contributed by atoms with E-state index in [4.69, 9.17) is 4.52 Å². The third-order valence-electron chi connectivity index (χ3n) is 1.79. The number of hydrogen-bond donors (Lipinski definition) is 0. The maximum Gasteiger partial charge on any atom is 0.265 e. The lowest BCUT2D eigenvalue weighted by molar-refractivity contribution is 0.375. The number of nitrogens with zero attached hydrogens (tertiary/aromatic N) is 2. The SMILES string of the molecule is O=c1c(Br)cccn1Cc1ccno1. The van der Waals surface area contributed by atoms with Crippen LogP contribution in [0.1, 0.15) is 5.76 Å². The van der Waals surface area contributed by atoms with Crippen molar-refractivity contribution in [3.05, 3.63) is 51.2 Å². The molecule has 0 saturated carbocycles. The minimum Gasteiger partial charge on any atom is -0.359 e. The molecule has 2 aromatic rings. The zero-order valence-corrected chi connectivity index (χ0v) is 8.77. The molecular weight excluding hydrogens is 248 g/mol. The summed E-state index contributed by atoms with van der Waals surface area (Å²) in [7, 11) is 0. The number of hydrogen-bond acceptors (Lipinski definition) is 3. The van der Waals surface area contributed by atoms with Gasteiger partial charge < -0.3 is 9.09 Å². The normalized spacial score (nSPS) is 10.4. The molecule has 0 aromatic carbocycles. The molecule has 0 bridgehead atoms. The van der Waals surface area contributed by atoms with Gasteiger partial charge >= 0.3 is 0 Å². The minimum atomic E-state index is -0.0797. The van der Waals surface area contributed by atoms with Crippen LogP contribution in [0.2, 0.25) is 0 Å². The number of pyridine rings is 1. The van der Waals surface area contributed by atoms with E-state index in [1.807, 2.05) is 0 Å². The van der Waals surface area contributed by atoms with E-state index in [0.717, 1.165) is 0 Å². The average molecular weight is 255 g/mol. The lowest BCUT2D eigenvalue weighted by Gasteiger charge is -2.01. The Bertz CT molecular complexity index is 476. The first-order valence-electron chi connectivity index (χ1n) is 4.02. The Labute approximate surface area is 88.3 Å². The van der Waals surface area contributed by atoms with E-state index in [1.165, 1.54) is 0 Å². The highest BCUT2D eigenvalue weighted by molar-refractivity contribution is 9.10. The van der Waals surface area contributed by atoms with Crippen molar-refractivity contribution in [2.24, 2.45) is 0 Å². The number of rotatable bonds is 2. The second-order valence-corrected chi connectivity index (χ2v) is 3.62. The highest BCUT2D eigenvalue weighted by Crippen LogP contribution is 2.03. The van der Waals surface area contributed by atoms with Crippen molar-refractivity contribution in [1.82, 2.24) is 9.72 Å². The maximum atomic E-state index is 11.5. The van der Waals surface area contributed by atoms with Crippen molar-refractivity contribution in [2.75, 3.05) is 0 Å². The molecule has 5 heteroatoms. The molecule has 0 unspecified atom stereocenters. The Hall–Kier alpha value is -1.36. The fourth-order valence-electron chi connectivity index (χ4n) is 1.12. The third kappa shape index (κ3) is 1.77. The molecule has 0 aliphatic carbocycles. The summed E-state index contributed by atoms with van der Waals surface area (Å²) in [4.78, 5) is 11.5. The van der Waals surface area contributed by atoms with Gasteiger partial charge in [0.25, 0.3) is 5.56 Å². The van der Waals surface area contributed by atoms with Gasteiger partial charge in [-0.15, -0.1) is 0 Å². The lowest BCUT2D eigenvalue weighted by Crippen LogP contribution is -2.19. The van der Waals surface area contributed by atoms with E-state index < -0.39 is 0 Å². The fourth-order valence-corrected chi connectivity index (χ4v) is 1.50. The van der Waals surface area contributed by atoms with Gasteiger partial charge in [0.05, 0.1) is 17.2 Å². The van der Waals surface area contributed by atoms with Crippen LogP contribution in [0.15, 0.2) is 44.4 Å². The quantitative estimate of drug-likeness (QED) is 0.819. The zero-order chi connectivity index (χ0) is 9.97. The Balaban J connectivity index is 2.34. The third-order valence-corrected chi connectivity index (χ3v) is 2.39. The van der Waals surface area contributed by atoms with Crippen LogP contribution in [0, 0.1) is 0 Å². The Morgan fingerprint density at radius 2 is 2.36 bits per heavy atom. The number of halogens is 1. The van der Waals surface area contributed by atoms with Crippen LogP contribution >= 0.6 is 15.9 Å². The van der Waals surface area contributed by atoms with Crippen LogP contribution in [-0.4, -0.2) is 9.72 Å². The summed E-state index contributed by atoms with van der Waals surface area (Å²) in [6.07, 6.45) is 3.26. The predicted octanol–water partition coefficient (Wildman–Crippen LogP) is 1.65. The molecule has 0 amide bonds. The smallest absolute Gasteiger partial charge is 0.265 e. The molecular formula is C9H7BrN2O2. The lowest BCUT2D eigenvalue weighted by atomic mass is 10.4. The molecule has 2 aromatic heterocycles. The summed E-state index contributed by atoms with van der Waals surface area (Å²) >= 11 is 3.17. The summed E-state index contributed by atoms with van der Waals surface area (Å²) < 4.78 is 6.99. The van der Waals surface area contributed by atoms with E-state index in [-0.39, 0.29) is 5.56 Å². The Kier molecular flexibility index (Phi) is 2.49. The molecule has 72 valence electrons. The van der Waals surface area contributed by atoms with Crippen LogP contribution in [0.5, 0.6) is 0 Å². The largest absolute Gasteiger partial charge is 0.359 e. The van der Waals surface area contributed by atoms with Gasteiger partial charge in [-0.05, 0) is 28.1 Å². The van der Waals surface area contributed by atoms with Crippen LogP contribution < -0.4 is 5.56 Å². The second-order valence-electron chi connectivity index (χ2n) is 2.77. The van der Waals surface area contributed by atoms with Crippen molar-refractivity contribution in [2.45, 2.75) is 6.54 Å². The monoisotopic (exact) mass is 254 g/mol. The first-order valence-corrected chi connectivity index (χ1v) is 4.81. The topological polar surface area (TPSA) is 48.0 Å². The van der Waals surface area contributed by atoms with Crippen molar-refractivity contribution < 1.29 is 4.52 Å². The van der Waals surface area contributed by atoms with Crippen LogP contribution in [-0.2, 0) is 6.54 Å². The molecule has 0 spiro atoms. The summed E-state index contributed by atoms with van der Waals surface area (Å²) in [5.74, 6) is 0.658. The highest BCUT2D eigenvalue weighted by Gasteiger charge is 2.02. The van der Waals surface area contributed by atoms with Crippen LogP contribution in [0.4, 0.5) is 0 Å². The molecule has 2 heterocycles. The molecule has 14 heavy (non-hydrogen) atoms. The first kappa shape index (κ1) is 9.21. The van der Waals surface area contributed by atoms with Gasteiger partial charge in [-0.25, -0.2) is 0 Å². The molecule has 0 aliphatic heterocycles. The van der Waals surface area contributed by atoms with E-state index in [1.54, 1.807) is 35.2 Å². The highest BCUT2D eigenvalue weighted by atomic mass is 79.9. The van der Waals surface area contributed by atoms with Crippen molar-refractivity contribution >= 4 is 15.9 Å². The predicted molar refractivity (Wildman–Crippen MR) is 54.0 cm³/mol. The molecule has 0 radical (unpaired) electrons. The molecule has 0 fully saturated rings. The van der Waals surface area contributed by atoms with Crippen LogP contribution in [0.25, 0.3) is 0 Å². The van der Waals surface area contributed by atoms with Gasteiger partial charge in [-0.3, -0.25) is 4.79 Å². The molecule has 4 nitrogen and oxygen atoms in total. The fraction of sp³-hybridized carbons (Fsp3) is 0.111. The first-order chi connectivity index (χ1) is 6.77. The molecule has 2 rings (SSSR count). The van der Waals surface area contributed by atoms with Gasteiger partial charge in [0, 0.05) is 12.3 Å². The minimum absolute atomic E-state index is 0.0797. The van der Waals surface area contributed by atoms with Crippen molar-refractivity contribution in [1.29, 1.82) is 0 Å². The Morgan fingerprint density at radius 1 is 1.50 bits per heavy atom. The molecule has 0 aliphatic rings. The standard InChI is InChI=1S/C9H7BrN2O2/c10-8-2-1-5-12(9(8)13)6-7-3-4-11-14-7/h1-5H,6H2. The summed E-state index contributed by atoms with van der Waals surface area (Å²) in [5, 5.41) is 3.57. The van der Waals surface area contributed by atoms with Gasteiger partial charge in [0.15, 0.2) is 5.76 Å². The molecule has 0 atom stereocenters. The average Bonchev–Trinajstić information content (AvgIpc) is 2.66. The zero-order valence-electron chi connectivity index (χ0n) is 7.18. The van der Waals surface area contributed by atoms with E-state index >= 15 is 0 Å². The van der Waals surface area contributed by atoms with Gasteiger partial charge in [0.1, 0.15) is 0 Å². The maximum absolute atomic E-state index is 11.5. The van der Waals surface area contributed by atoms with E-state index in [9.17, 15) is 4.79 Å². The van der Waals surface area contributed by atoms with Crippen LogP contribution in [0.3, 0.4) is 0 Å². The van der Waals surface area contributed by atoms with Crippen molar-refractivity contribution in [3.8, 4) is 0 Å².